The second-order valence-electron chi connectivity index (χ2n) is 3.09. The van der Waals surface area contributed by atoms with Gasteiger partial charge in [0.1, 0.15) is 0 Å². The first-order chi connectivity index (χ1) is 5.64. The minimum Gasteiger partial charge on any atom is -0.322 e. The first-order valence-electron chi connectivity index (χ1n) is 3.82. The molecule has 1 saturated carbocycles. The highest BCUT2D eigenvalue weighted by Crippen LogP contribution is 2.54. The van der Waals surface area contributed by atoms with Gasteiger partial charge in [0.15, 0.2) is 0 Å². The predicted molar refractivity (Wildman–Crippen MR) is 42.1 cm³/mol. The van der Waals surface area contributed by atoms with Crippen molar-refractivity contribution >= 4 is 0 Å². The van der Waals surface area contributed by atoms with Crippen LogP contribution in [0.4, 0.5) is 8.78 Å². The minimum absolute atomic E-state index is 0.634. The monoisotopic (exact) mass is 169 g/mol. The van der Waals surface area contributed by atoms with Crippen LogP contribution in [0.5, 0.6) is 0 Å². The van der Waals surface area contributed by atoms with Crippen molar-refractivity contribution in [3.8, 4) is 0 Å². The zero-order chi connectivity index (χ0) is 8.77. The molecule has 1 aromatic carbocycles. The topological polar surface area (TPSA) is 26.0 Å². The molecule has 3 heteroatoms. The van der Waals surface area contributed by atoms with Crippen LogP contribution in [0.25, 0.3) is 0 Å². The summed E-state index contributed by atoms with van der Waals surface area (Å²) in [5, 5.41) is 0. The van der Waals surface area contributed by atoms with Crippen molar-refractivity contribution < 1.29 is 8.78 Å². The van der Waals surface area contributed by atoms with E-state index in [0.29, 0.717) is 5.56 Å². The van der Waals surface area contributed by atoms with Crippen molar-refractivity contribution in [3.05, 3.63) is 35.9 Å². The molecule has 64 valence electrons. The largest absolute Gasteiger partial charge is 0.322 e. The molecule has 1 aromatic rings. The summed E-state index contributed by atoms with van der Waals surface area (Å²) < 4.78 is 25.5. The molecule has 2 unspecified atom stereocenters. The number of benzene rings is 1. The molecule has 0 amide bonds. The van der Waals surface area contributed by atoms with Gasteiger partial charge in [0.25, 0.3) is 5.92 Å². The molecule has 2 rings (SSSR count). The fourth-order valence-electron chi connectivity index (χ4n) is 1.44. The van der Waals surface area contributed by atoms with Gasteiger partial charge < -0.3 is 5.73 Å². The van der Waals surface area contributed by atoms with E-state index in [4.69, 9.17) is 5.73 Å². The van der Waals surface area contributed by atoms with Crippen LogP contribution >= 0.6 is 0 Å². The summed E-state index contributed by atoms with van der Waals surface area (Å²) in [4.78, 5) is 0. The van der Waals surface area contributed by atoms with Crippen LogP contribution in [0.2, 0.25) is 0 Å². The van der Waals surface area contributed by atoms with Crippen molar-refractivity contribution in [3.63, 3.8) is 0 Å². The number of alkyl halides is 2. The lowest BCUT2D eigenvalue weighted by Crippen LogP contribution is -2.08. The van der Waals surface area contributed by atoms with E-state index in [9.17, 15) is 8.78 Å². The molecular formula is C9H9F2N. The Hall–Kier alpha value is -0.960. The zero-order valence-electron chi connectivity index (χ0n) is 6.37. The van der Waals surface area contributed by atoms with E-state index in [1.54, 1.807) is 30.3 Å². The molecular weight excluding hydrogens is 160 g/mol. The summed E-state index contributed by atoms with van der Waals surface area (Å²) >= 11 is 0. The normalized spacial score (nSPS) is 31.6. The summed E-state index contributed by atoms with van der Waals surface area (Å²) in [5.41, 5.74) is 5.86. The average Bonchev–Trinajstić information content (AvgIpc) is 2.53. The maximum atomic E-state index is 12.8. The van der Waals surface area contributed by atoms with Crippen molar-refractivity contribution in [1.82, 2.24) is 0 Å². The van der Waals surface area contributed by atoms with Crippen LogP contribution in [0.1, 0.15) is 11.5 Å². The van der Waals surface area contributed by atoms with E-state index in [0.717, 1.165) is 0 Å². The first-order valence-corrected chi connectivity index (χ1v) is 3.82. The van der Waals surface area contributed by atoms with Crippen molar-refractivity contribution in [2.45, 2.75) is 17.9 Å². The molecule has 2 N–H and O–H groups in total. The first kappa shape index (κ1) is 7.68. The second kappa shape index (κ2) is 2.26. The molecule has 0 saturated heterocycles. The Morgan fingerprint density at radius 3 is 2.08 bits per heavy atom. The van der Waals surface area contributed by atoms with Crippen LogP contribution in [0.3, 0.4) is 0 Å². The van der Waals surface area contributed by atoms with Gasteiger partial charge in [-0.05, 0) is 5.56 Å². The Labute approximate surface area is 69.2 Å². The van der Waals surface area contributed by atoms with Gasteiger partial charge in [0.05, 0.1) is 12.0 Å². The lowest BCUT2D eigenvalue weighted by Gasteiger charge is -1.95. The maximum Gasteiger partial charge on any atom is 0.272 e. The Balaban J connectivity index is 2.25. The van der Waals surface area contributed by atoms with Gasteiger partial charge in [-0.25, -0.2) is 8.78 Å². The van der Waals surface area contributed by atoms with Crippen molar-refractivity contribution in [1.29, 1.82) is 0 Å². The molecule has 0 aliphatic heterocycles. The van der Waals surface area contributed by atoms with Gasteiger partial charge in [-0.3, -0.25) is 0 Å². The Morgan fingerprint density at radius 2 is 1.67 bits per heavy atom. The van der Waals surface area contributed by atoms with Gasteiger partial charge in [0, 0.05) is 0 Å². The molecule has 1 nitrogen and oxygen atoms in total. The third-order valence-corrected chi connectivity index (χ3v) is 2.27. The molecule has 0 aromatic heterocycles. The molecule has 0 heterocycles. The summed E-state index contributed by atoms with van der Waals surface area (Å²) in [6.45, 7) is 0. The molecule has 0 bridgehead atoms. The molecule has 1 aliphatic rings. The second-order valence-corrected chi connectivity index (χ2v) is 3.09. The van der Waals surface area contributed by atoms with Gasteiger partial charge in [0.2, 0.25) is 0 Å². The van der Waals surface area contributed by atoms with E-state index in [2.05, 4.69) is 0 Å². The summed E-state index contributed by atoms with van der Waals surface area (Å²) in [6, 6.07) is 7.68. The molecule has 1 aliphatic carbocycles. The van der Waals surface area contributed by atoms with Gasteiger partial charge in [-0.1, -0.05) is 30.3 Å². The standard InChI is InChI=1S/C9H9F2N/c10-9(11)7(8(9)12)6-4-2-1-3-5-6/h1-5,7-8H,12H2. The quantitative estimate of drug-likeness (QED) is 0.680. The third-order valence-electron chi connectivity index (χ3n) is 2.27. The highest BCUT2D eigenvalue weighted by Gasteiger charge is 2.66. The maximum absolute atomic E-state index is 12.8. The Bertz CT molecular complexity index is 284. The number of halogens is 2. The smallest absolute Gasteiger partial charge is 0.272 e. The summed E-state index contributed by atoms with van der Waals surface area (Å²) in [7, 11) is 0. The van der Waals surface area contributed by atoms with Crippen LogP contribution in [0, 0.1) is 0 Å². The number of hydrogen-bond acceptors (Lipinski definition) is 1. The lowest BCUT2D eigenvalue weighted by atomic mass is 10.1. The molecule has 1 fully saturated rings. The lowest BCUT2D eigenvalue weighted by molar-refractivity contribution is 0.105. The van der Waals surface area contributed by atoms with E-state index < -0.39 is 17.9 Å². The summed E-state index contributed by atoms with van der Waals surface area (Å²) in [5.74, 6) is -3.46. The SMILES string of the molecule is NC1C(c2ccccc2)C1(F)F. The van der Waals surface area contributed by atoms with E-state index in [1.165, 1.54) is 0 Å². The highest BCUT2D eigenvalue weighted by atomic mass is 19.3. The molecule has 0 spiro atoms. The van der Waals surface area contributed by atoms with Crippen LogP contribution in [-0.2, 0) is 0 Å². The Kier molecular flexibility index (Phi) is 1.45. The predicted octanol–water partition coefficient (Wildman–Crippen LogP) is 1.75. The van der Waals surface area contributed by atoms with Crippen LogP contribution < -0.4 is 5.73 Å². The van der Waals surface area contributed by atoms with Crippen LogP contribution in [0.15, 0.2) is 30.3 Å². The zero-order valence-corrected chi connectivity index (χ0v) is 6.37. The number of rotatable bonds is 1. The van der Waals surface area contributed by atoms with Crippen LogP contribution in [-0.4, -0.2) is 12.0 Å². The van der Waals surface area contributed by atoms with Gasteiger partial charge in [-0.2, -0.15) is 0 Å². The van der Waals surface area contributed by atoms with E-state index >= 15 is 0 Å². The van der Waals surface area contributed by atoms with E-state index in [-0.39, 0.29) is 0 Å². The van der Waals surface area contributed by atoms with Crippen molar-refractivity contribution in [2.75, 3.05) is 0 Å². The highest BCUT2D eigenvalue weighted by molar-refractivity contribution is 5.34. The van der Waals surface area contributed by atoms with Gasteiger partial charge in [-0.15, -0.1) is 0 Å². The summed E-state index contributed by atoms with van der Waals surface area (Å²) in [6.07, 6.45) is 0. The fraction of sp³-hybridized carbons (Fsp3) is 0.333. The average molecular weight is 169 g/mol. The van der Waals surface area contributed by atoms with Gasteiger partial charge >= 0.3 is 0 Å². The fourth-order valence-corrected chi connectivity index (χ4v) is 1.44. The van der Waals surface area contributed by atoms with E-state index in [1.807, 2.05) is 0 Å². The molecule has 0 radical (unpaired) electrons. The minimum atomic E-state index is -2.69. The Morgan fingerprint density at radius 1 is 1.17 bits per heavy atom. The van der Waals surface area contributed by atoms with Crippen molar-refractivity contribution in [2.24, 2.45) is 5.73 Å². The molecule has 2 atom stereocenters. The third kappa shape index (κ3) is 0.932. The number of nitrogens with two attached hydrogens (primary N) is 1. The molecule has 12 heavy (non-hydrogen) atoms. The number of hydrogen-bond donors (Lipinski definition) is 1.